The molecule has 1 fully saturated rings. The summed E-state index contributed by atoms with van der Waals surface area (Å²) < 4.78 is 5.31. The zero-order chi connectivity index (χ0) is 20.8. The number of anilines is 2. The standard InChI is InChI=1S/C21H23N3O5/c1-29-18-11-17(12-19(25)26)24(13-18)20(27)14-7-9-16(10-8-14)23-21(28)22-15-5-3-2-4-6-15/h2-10,17-18H,11-13H2,1H3,(H,25,26)(H2,22,23,28). The van der Waals surface area contributed by atoms with E-state index >= 15 is 0 Å². The molecule has 3 N–H and O–H groups in total. The molecule has 152 valence electrons. The fraction of sp³-hybridized carbons (Fsp3) is 0.286. The smallest absolute Gasteiger partial charge is 0.323 e. The summed E-state index contributed by atoms with van der Waals surface area (Å²) in [5.74, 6) is -1.20. The third-order valence-corrected chi connectivity index (χ3v) is 4.80. The van der Waals surface area contributed by atoms with Crippen LogP contribution in [0.5, 0.6) is 0 Å². The Hall–Kier alpha value is -3.39. The minimum Gasteiger partial charge on any atom is -0.481 e. The van der Waals surface area contributed by atoms with E-state index in [2.05, 4.69) is 10.6 Å². The minimum absolute atomic E-state index is 0.120. The Morgan fingerprint density at radius 2 is 1.66 bits per heavy atom. The van der Waals surface area contributed by atoms with E-state index in [1.807, 2.05) is 18.2 Å². The van der Waals surface area contributed by atoms with Gasteiger partial charge in [-0.3, -0.25) is 9.59 Å². The van der Waals surface area contributed by atoms with Crippen LogP contribution in [-0.4, -0.2) is 53.7 Å². The van der Waals surface area contributed by atoms with Crippen LogP contribution in [-0.2, 0) is 9.53 Å². The van der Waals surface area contributed by atoms with E-state index in [9.17, 15) is 14.4 Å². The summed E-state index contributed by atoms with van der Waals surface area (Å²) >= 11 is 0. The van der Waals surface area contributed by atoms with Crippen LogP contribution in [0.4, 0.5) is 16.2 Å². The Morgan fingerprint density at radius 3 is 2.24 bits per heavy atom. The summed E-state index contributed by atoms with van der Waals surface area (Å²) in [6.45, 7) is 0.354. The number of amides is 3. The maximum atomic E-state index is 12.9. The molecule has 8 heteroatoms. The number of hydrogen-bond acceptors (Lipinski definition) is 4. The number of ether oxygens (including phenoxy) is 1. The highest BCUT2D eigenvalue weighted by molar-refractivity contribution is 6.00. The van der Waals surface area contributed by atoms with Gasteiger partial charge in [0.05, 0.1) is 12.5 Å². The lowest BCUT2D eigenvalue weighted by molar-refractivity contribution is -0.138. The number of urea groups is 1. The van der Waals surface area contributed by atoms with Gasteiger partial charge < -0.3 is 25.4 Å². The van der Waals surface area contributed by atoms with Gasteiger partial charge in [0.2, 0.25) is 0 Å². The molecule has 0 saturated carbocycles. The van der Waals surface area contributed by atoms with E-state index in [1.165, 1.54) is 0 Å². The molecule has 1 aliphatic heterocycles. The number of carboxylic acids is 1. The van der Waals surface area contributed by atoms with Crippen LogP contribution < -0.4 is 10.6 Å². The molecule has 2 aromatic carbocycles. The monoisotopic (exact) mass is 397 g/mol. The van der Waals surface area contributed by atoms with Crippen molar-refractivity contribution in [3.8, 4) is 0 Å². The molecule has 3 rings (SSSR count). The summed E-state index contributed by atoms with van der Waals surface area (Å²) in [5.41, 5.74) is 1.63. The molecule has 2 aromatic rings. The second kappa shape index (κ2) is 9.20. The number of nitrogens with zero attached hydrogens (tertiary/aromatic N) is 1. The van der Waals surface area contributed by atoms with E-state index in [0.29, 0.717) is 29.9 Å². The predicted molar refractivity (Wildman–Crippen MR) is 108 cm³/mol. The first kappa shape index (κ1) is 20.3. The van der Waals surface area contributed by atoms with Crippen LogP contribution in [0.15, 0.2) is 54.6 Å². The average Bonchev–Trinajstić information content (AvgIpc) is 3.11. The maximum absolute atomic E-state index is 12.9. The number of carbonyl (C=O) groups is 3. The molecule has 0 spiro atoms. The molecule has 0 bridgehead atoms. The van der Waals surface area contributed by atoms with Crippen LogP contribution in [0.3, 0.4) is 0 Å². The zero-order valence-electron chi connectivity index (χ0n) is 16.0. The van der Waals surface area contributed by atoms with Crippen molar-refractivity contribution in [1.29, 1.82) is 0 Å². The van der Waals surface area contributed by atoms with Crippen molar-refractivity contribution < 1.29 is 24.2 Å². The normalized spacial score (nSPS) is 18.3. The van der Waals surface area contributed by atoms with Gasteiger partial charge in [-0.1, -0.05) is 18.2 Å². The number of nitrogens with one attached hydrogen (secondary N) is 2. The molecular weight excluding hydrogens is 374 g/mol. The Bertz CT molecular complexity index is 870. The second-order valence-electron chi connectivity index (χ2n) is 6.83. The number of likely N-dealkylation sites (tertiary alicyclic amines) is 1. The molecule has 1 aliphatic rings. The summed E-state index contributed by atoms with van der Waals surface area (Å²) in [6.07, 6.45) is 0.199. The van der Waals surface area contributed by atoms with Gasteiger partial charge in [0.1, 0.15) is 0 Å². The van der Waals surface area contributed by atoms with Gasteiger partial charge in [-0.25, -0.2) is 4.79 Å². The number of hydrogen-bond donors (Lipinski definition) is 3. The van der Waals surface area contributed by atoms with E-state index in [-0.39, 0.29) is 24.5 Å². The zero-order valence-corrected chi connectivity index (χ0v) is 16.0. The van der Waals surface area contributed by atoms with Crippen molar-refractivity contribution in [1.82, 2.24) is 4.90 Å². The molecule has 0 aromatic heterocycles. The molecule has 29 heavy (non-hydrogen) atoms. The minimum atomic E-state index is -0.950. The van der Waals surface area contributed by atoms with Gasteiger partial charge >= 0.3 is 12.0 Å². The second-order valence-corrected chi connectivity index (χ2v) is 6.83. The SMILES string of the molecule is COC1CC(CC(=O)O)N(C(=O)c2ccc(NC(=O)Nc3ccccc3)cc2)C1. The number of aliphatic carboxylic acids is 1. The Balaban J connectivity index is 1.63. The van der Waals surface area contributed by atoms with Crippen molar-refractivity contribution in [2.24, 2.45) is 0 Å². The van der Waals surface area contributed by atoms with Crippen molar-refractivity contribution in [3.63, 3.8) is 0 Å². The number of carbonyl (C=O) groups excluding carboxylic acids is 2. The largest absolute Gasteiger partial charge is 0.481 e. The predicted octanol–water partition coefficient (Wildman–Crippen LogP) is 3.03. The van der Waals surface area contributed by atoms with Crippen molar-refractivity contribution in [3.05, 3.63) is 60.2 Å². The van der Waals surface area contributed by atoms with E-state index in [0.717, 1.165) is 0 Å². The van der Waals surface area contributed by atoms with E-state index in [1.54, 1.807) is 48.4 Å². The van der Waals surface area contributed by atoms with Crippen LogP contribution in [0.25, 0.3) is 0 Å². The Kier molecular flexibility index (Phi) is 6.46. The molecule has 8 nitrogen and oxygen atoms in total. The summed E-state index contributed by atoms with van der Waals surface area (Å²) in [4.78, 5) is 37.6. The number of benzene rings is 2. The van der Waals surface area contributed by atoms with Crippen LogP contribution in [0.1, 0.15) is 23.2 Å². The highest BCUT2D eigenvalue weighted by Crippen LogP contribution is 2.25. The molecule has 0 aliphatic carbocycles. The molecule has 2 atom stereocenters. The van der Waals surface area contributed by atoms with Crippen LogP contribution in [0, 0.1) is 0 Å². The highest BCUT2D eigenvalue weighted by Gasteiger charge is 2.36. The highest BCUT2D eigenvalue weighted by atomic mass is 16.5. The molecule has 3 amide bonds. The quantitative estimate of drug-likeness (QED) is 0.694. The lowest BCUT2D eigenvalue weighted by Gasteiger charge is -2.23. The molecule has 2 unspecified atom stereocenters. The fourth-order valence-corrected chi connectivity index (χ4v) is 3.37. The lowest BCUT2D eigenvalue weighted by atomic mass is 10.1. The van der Waals surface area contributed by atoms with E-state index < -0.39 is 12.0 Å². The van der Waals surface area contributed by atoms with Crippen LogP contribution >= 0.6 is 0 Å². The Labute approximate surface area is 168 Å². The van der Waals surface area contributed by atoms with Gasteiger partial charge in [0.25, 0.3) is 5.91 Å². The number of rotatable bonds is 6. The first-order valence-electron chi connectivity index (χ1n) is 9.25. The fourth-order valence-electron chi connectivity index (χ4n) is 3.37. The third-order valence-electron chi connectivity index (χ3n) is 4.80. The molecular formula is C21H23N3O5. The Morgan fingerprint density at radius 1 is 1.03 bits per heavy atom. The lowest BCUT2D eigenvalue weighted by Crippen LogP contribution is -2.37. The average molecular weight is 397 g/mol. The summed E-state index contributed by atoms with van der Waals surface area (Å²) in [5, 5.41) is 14.5. The molecule has 0 radical (unpaired) electrons. The first-order chi connectivity index (χ1) is 14.0. The van der Waals surface area contributed by atoms with Crippen LogP contribution in [0.2, 0.25) is 0 Å². The van der Waals surface area contributed by atoms with Crippen molar-refractivity contribution in [2.45, 2.75) is 25.0 Å². The third kappa shape index (κ3) is 5.32. The first-order valence-corrected chi connectivity index (χ1v) is 9.25. The molecule has 1 heterocycles. The maximum Gasteiger partial charge on any atom is 0.323 e. The number of para-hydroxylation sites is 1. The van der Waals surface area contributed by atoms with Gasteiger partial charge in [-0.05, 0) is 42.8 Å². The summed E-state index contributed by atoms with van der Waals surface area (Å²) in [6, 6.07) is 14.7. The van der Waals surface area contributed by atoms with E-state index in [4.69, 9.17) is 9.84 Å². The van der Waals surface area contributed by atoms with Gasteiger partial charge in [0, 0.05) is 36.6 Å². The summed E-state index contributed by atoms with van der Waals surface area (Å²) in [7, 11) is 1.55. The van der Waals surface area contributed by atoms with Gasteiger partial charge in [-0.2, -0.15) is 0 Å². The van der Waals surface area contributed by atoms with Gasteiger partial charge in [0.15, 0.2) is 0 Å². The van der Waals surface area contributed by atoms with Gasteiger partial charge in [-0.15, -0.1) is 0 Å². The van der Waals surface area contributed by atoms with Crippen molar-refractivity contribution in [2.75, 3.05) is 24.3 Å². The topological polar surface area (TPSA) is 108 Å². The number of methoxy groups -OCH3 is 1. The molecule has 1 saturated heterocycles. The van der Waals surface area contributed by atoms with Crippen molar-refractivity contribution >= 4 is 29.3 Å². The number of carboxylic acid groups (broad SMARTS) is 1.